The van der Waals surface area contributed by atoms with E-state index in [2.05, 4.69) is 51.9 Å². The summed E-state index contributed by atoms with van der Waals surface area (Å²) in [5, 5.41) is 0. The zero-order chi connectivity index (χ0) is 12.7. The highest BCUT2D eigenvalue weighted by molar-refractivity contribution is 9.10. The van der Waals surface area contributed by atoms with Gasteiger partial charge < -0.3 is 0 Å². The maximum Gasteiger partial charge on any atom is 0.138 e. The van der Waals surface area contributed by atoms with Gasteiger partial charge in [-0.2, -0.15) is 0 Å². The summed E-state index contributed by atoms with van der Waals surface area (Å²) >= 11 is 3.39. The summed E-state index contributed by atoms with van der Waals surface area (Å²) in [5.41, 5.74) is 4.62. The Bertz CT molecular complexity index is 714. The number of imidazole rings is 1. The summed E-state index contributed by atoms with van der Waals surface area (Å²) in [6, 6.07) is 8.22. The fraction of sp³-hybridized carbons (Fsp3) is 0.143. The van der Waals surface area contributed by atoms with Crippen LogP contribution in [0.5, 0.6) is 0 Å². The van der Waals surface area contributed by atoms with Gasteiger partial charge in [0.25, 0.3) is 0 Å². The molecule has 90 valence electrons. The second-order valence-corrected chi connectivity index (χ2v) is 5.29. The Morgan fingerprint density at radius 2 is 1.83 bits per heavy atom. The molecule has 3 rings (SSSR count). The van der Waals surface area contributed by atoms with Gasteiger partial charge in [0, 0.05) is 10.7 Å². The third-order valence-electron chi connectivity index (χ3n) is 3.12. The van der Waals surface area contributed by atoms with Gasteiger partial charge in [-0.05, 0) is 65.2 Å². The van der Waals surface area contributed by atoms with Crippen LogP contribution in [0, 0.1) is 13.8 Å². The normalized spacial score (nSPS) is 11.1. The molecule has 0 N–H and O–H groups in total. The monoisotopic (exact) mass is 301 g/mol. The van der Waals surface area contributed by atoms with Gasteiger partial charge in [-0.3, -0.25) is 4.57 Å². The molecule has 2 aromatic heterocycles. The smallest absolute Gasteiger partial charge is 0.138 e. The van der Waals surface area contributed by atoms with Gasteiger partial charge in [0.1, 0.15) is 12.1 Å². The Labute approximate surface area is 114 Å². The molecule has 3 nitrogen and oxygen atoms in total. The molecule has 2 heterocycles. The Morgan fingerprint density at radius 1 is 1.06 bits per heavy atom. The SMILES string of the molecule is Cc1cc2ncn(-c3ccc(Br)cn3)c2cc1C. The lowest BCUT2D eigenvalue weighted by Gasteiger charge is -2.05. The zero-order valence-corrected chi connectivity index (χ0v) is 11.8. The minimum Gasteiger partial charge on any atom is -0.283 e. The fourth-order valence-corrected chi connectivity index (χ4v) is 2.19. The molecule has 0 saturated heterocycles. The predicted octanol–water partition coefficient (Wildman–Crippen LogP) is 3.80. The predicted molar refractivity (Wildman–Crippen MR) is 76.0 cm³/mol. The second kappa shape index (κ2) is 4.21. The van der Waals surface area contributed by atoms with Crippen molar-refractivity contribution in [2.45, 2.75) is 13.8 Å². The van der Waals surface area contributed by atoms with Crippen LogP contribution < -0.4 is 0 Å². The van der Waals surface area contributed by atoms with Crippen LogP contribution in [-0.4, -0.2) is 14.5 Å². The Balaban J connectivity index is 2.23. The maximum absolute atomic E-state index is 4.43. The molecule has 1 aromatic carbocycles. The third-order valence-corrected chi connectivity index (χ3v) is 3.59. The van der Waals surface area contributed by atoms with Crippen molar-refractivity contribution >= 4 is 27.0 Å². The lowest BCUT2D eigenvalue weighted by atomic mass is 10.1. The molecule has 4 heteroatoms. The van der Waals surface area contributed by atoms with E-state index >= 15 is 0 Å². The quantitative estimate of drug-likeness (QED) is 0.684. The first-order valence-electron chi connectivity index (χ1n) is 5.71. The van der Waals surface area contributed by atoms with E-state index in [0.717, 1.165) is 21.3 Å². The van der Waals surface area contributed by atoms with Gasteiger partial charge >= 0.3 is 0 Å². The highest BCUT2D eigenvalue weighted by atomic mass is 79.9. The summed E-state index contributed by atoms with van der Waals surface area (Å²) in [5.74, 6) is 0.879. The number of fused-ring (bicyclic) bond motifs is 1. The number of rotatable bonds is 1. The molecule has 0 unspecified atom stereocenters. The summed E-state index contributed by atoms with van der Waals surface area (Å²) in [4.78, 5) is 8.83. The summed E-state index contributed by atoms with van der Waals surface area (Å²) in [7, 11) is 0. The van der Waals surface area contributed by atoms with E-state index in [1.165, 1.54) is 11.1 Å². The van der Waals surface area contributed by atoms with Crippen molar-refractivity contribution in [3.63, 3.8) is 0 Å². The van der Waals surface area contributed by atoms with E-state index in [-0.39, 0.29) is 0 Å². The Morgan fingerprint density at radius 3 is 2.56 bits per heavy atom. The highest BCUT2D eigenvalue weighted by Gasteiger charge is 2.07. The number of nitrogens with zero attached hydrogens (tertiary/aromatic N) is 3. The number of halogens is 1. The average Bonchev–Trinajstić information content (AvgIpc) is 2.74. The number of aryl methyl sites for hydroxylation is 2. The molecule has 0 spiro atoms. The van der Waals surface area contributed by atoms with E-state index in [1.54, 1.807) is 6.20 Å². The minimum absolute atomic E-state index is 0.879. The largest absolute Gasteiger partial charge is 0.283 e. The first-order chi connectivity index (χ1) is 8.65. The van der Waals surface area contributed by atoms with Gasteiger partial charge in [0.2, 0.25) is 0 Å². The number of benzene rings is 1. The van der Waals surface area contributed by atoms with Crippen molar-refractivity contribution in [1.82, 2.24) is 14.5 Å². The van der Waals surface area contributed by atoms with Crippen molar-refractivity contribution < 1.29 is 0 Å². The van der Waals surface area contributed by atoms with Crippen LogP contribution in [0.1, 0.15) is 11.1 Å². The minimum atomic E-state index is 0.879. The summed E-state index contributed by atoms with van der Waals surface area (Å²) < 4.78 is 2.98. The van der Waals surface area contributed by atoms with Crippen molar-refractivity contribution in [3.05, 3.63) is 52.4 Å². The first kappa shape index (κ1) is 11.4. The summed E-state index contributed by atoms with van der Waals surface area (Å²) in [6.45, 7) is 4.22. The molecule has 3 aromatic rings. The molecule has 0 aliphatic heterocycles. The molecule has 0 saturated carbocycles. The van der Waals surface area contributed by atoms with E-state index in [0.29, 0.717) is 0 Å². The molecule has 0 radical (unpaired) electrons. The number of hydrogen-bond acceptors (Lipinski definition) is 2. The van der Waals surface area contributed by atoms with Crippen LogP contribution in [0.3, 0.4) is 0 Å². The van der Waals surface area contributed by atoms with Crippen LogP contribution in [0.15, 0.2) is 41.3 Å². The van der Waals surface area contributed by atoms with Gasteiger partial charge in [-0.25, -0.2) is 9.97 Å². The van der Waals surface area contributed by atoms with Crippen LogP contribution in [0.4, 0.5) is 0 Å². The van der Waals surface area contributed by atoms with Gasteiger partial charge in [0.05, 0.1) is 11.0 Å². The molecule has 0 atom stereocenters. The summed E-state index contributed by atoms with van der Waals surface area (Å²) in [6.07, 6.45) is 3.61. The van der Waals surface area contributed by atoms with Crippen molar-refractivity contribution in [3.8, 4) is 5.82 Å². The molecule has 0 aliphatic carbocycles. The van der Waals surface area contributed by atoms with Crippen LogP contribution in [-0.2, 0) is 0 Å². The molecular weight excluding hydrogens is 290 g/mol. The van der Waals surface area contributed by atoms with Gasteiger partial charge in [-0.15, -0.1) is 0 Å². The third kappa shape index (κ3) is 1.82. The van der Waals surface area contributed by atoms with Crippen LogP contribution in [0.25, 0.3) is 16.9 Å². The average molecular weight is 302 g/mol. The lowest BCUT2D eigenvalue weighted by Crippen LogP contribution is -1.95. The lowest BCUT2D eigenvalue weighted by molar-refractivity contribution is 1.02. The first-order valence-corrected chi connectivity index (χ1v) is 6.51. The van der Waals surface area contributed by atoms with E-state index in [9.17, 15) is 0 Å². The topological polar surface area (TPSA) is 30.7 Å². The number of pyridine rings is 1. The van der Waals surface area contributed by atoms with E-state index < -0.39 is 0 Å². The van der Waals surface area contributed by atoms with Crippen molar-refractivity contribution in [2.24, 2.45) is 0 Å². The Hall–Kier alpha value is -1.68. The molecule has 18 heavy (non-hydrogen) atoms. The van der Waals surface area contributed by atoms with Crippen molar-refractivity contribution in [2.75, 3.05) is 0 Å². The zero-order valence-electron chi connectivity index (χ0n) is 10.2. The molecule has 0 amide bonds. The van der Waals surface area contributed by atoms with Crippen LogP contribution >= 0.6 is 15.9 Å². The molecule has 0 aliphatic rings. The van der Waals surface area contributed by atoms with E-state index in [1.807, 2.05) is 23.0 Å². The fourth-order valence-electron chi connectivity index (χ4n) is 1.96. The number of aromatic nitrogens is 3. The maximum atomic E-state index is 4.43. The highest BCUT2D eigenvalue weighted by Crippen LogP contribution is 2.21. The molecule has 0 fully saturated rings. The Kier molecular flexibility index (Phi) is 2.67. The van der Waals surface area contributed by atoms with E-state index in [4.69, 9.17) is 0 Å². The van der Waals surface area contributed by atoms with Crippen LogP contribution in [0.2, 0.25) is 0 Å². The van der Waals surface area contributed by atoms with Crippen molar-refractivity contribution in [1.29, 1.82) is 0 Å². The van der Waals surface area contributed by atoms with Gasteiger partial charge in [-0.1, -0.05) is 0 Å². The molecule has 0 bridgehead atoms. The second-order valence-electron chi connectivity index (χ2n) is 4.37. The standard InChI is InChI=1S/C14H12BrN3/c1-9-5-12-13(6-10(9)2)18(8-17-12)14-4-3-11(15)7-16-14/h3-8H,1-2H3. The molecular formula is C14H12BrN3. The number of hydrogen-bond donors (Lipinski definition) is 0. The van der Waals surface area contributed by atoms with Gasteiger partial charge in [0.15, 0.2) is 0 Å².